The smallest absolute Gasteiger partial charge is 0.196 e. The number of nitrogens with one attached hydrogen (secondary N) is 2. The van der Waals surface area contributed by atoms with E-state index in [1.54, 1.807) is 0 Å². The summed E-state index contributed by atoms with van der Waals surface area (Å²) in [6.07, 6.45) is 0. The van der Waals surface area contributed by atoms with Gasteiger partial charge in [0.25, 0.3) is 0 Å². The molecule has 1 aromatic rings. The third kappa shape index (κ3) is 4.76. The number of nitrogens with two attached hydrogens (primary N) is 1. The summed E-state index contributed by atoms with van der Waals surface area (Å²) in [4.78, 5) is 4.49. The lowest BCUT2D eigenvalue weighted by atomic mass is 10.3. The first-order valence-corrected chi connectivity index (χ1v) is 5.95. The molecule has 17 heavy (non-hydrogen) atoms. The minimum absolute atomic E-state index is 0.230. The Morgan fingerprint density at radius 3 is 2.35 bits per heavy atom. The van der Waals surface area contributed by atoms with Crippen molar-refractivity contribution in [3.8, 4) is 0 Å². The summed E-state index contributed by atoms with van der Waals surface area (Å²) in [6.45, 7) is 8.23. The summed E-state index contributed by atoms with van der Waals surface area (Å²) in [7, 11) is 0. The predicted octanol–water partition coefficient (Wildman–Crippen LogP) is 2.44. The Morgan fingerprint density at radius 2 is 1.82 bits per heavy atom. The Kier molecular flexibility index (Phi) is 4.82. The molecule has 0 aliphatic rings. The van der Waals surface area contributed by atoms with Crippen LogP contribution in [0.3, 0.4) is 0 Å². The molecule has 4 heteroatoms. The fraction of sp³-hybridized carbons (Fsp3) is 0.462. The summed E-state index contributed by atoms with van der Waals surface area (Å²) in [5, 5.41) is 6.49. The second kappa shape index (κ2) is 6.13. The van der Waals surface area contributed by atoms with Crippen molar-refractivity contribution in [1.29, 1.82) is 0 Å². The largest absolute Gasteiger partial charge is 0.397 e. The Balaban J connectivity index is 2.83. The van der Waals surface area contributed by atoms with E-state index in [1.165, 1.54) is 0 Å². The van der Waals surface area contributed by atoms with E-state index in [0.717, 1.165) is 17.3 Å². The van der Waals surface area contributed by atoms with E-state index in [0.29, 0.717) is 6.04 Å². The molecule has 0 atom stereocenters. The number of anilines is 2. The topological polar surface area (TPSA) is 62.4 Å². The molecule has 0 heterocycles. The highest BCUT2D eigenvalue weighted by Crippen LogP contribution is 2.16. The van der Waals surface area contributed by atoms with Crippen LogP contribution >= 0.6 is 0 Å². The first-order valence-electron chi connectivity index (χ1n) is 5.95. The predicted molar refractivity (Wildman–Crippen MR) is 75.3 cm³/mol. The minimum atomic E-state index is 0.230. The van der Waals surface area contributed by atoms with Gasteiger partial charge in [-0.3, -0.25) is 4.99 Å². The van der Waals surface area contributed by atoms with E-state index < -0.39 is 0 Å². The molecule has 0 aliphatic heterocycles. The number of aliphatic imine (C=N–C) groups is 1. The molecular formula is C13H22N4. The molecule has 0 aromatic heterocycles. The van der Waals surface area contributed by atoms with E-state index in [9.17, 15) is 0 Å². The van der Waals surface area contributed by atoms with Crippen LogP contribution in [0.15, 0.2) is 29.3 Å². The number of para-hydroxylation sites is 2. The highest BCUT2D eigenvalue weighted by Gasteiger charge is 2.05. The highest BCUT2D eigenvalue weighted by atomic mass is 15.2. The zero-order valence-corrected chi connectivity index (χ0v) is 11.0. The van der Waals surface area contributed by atoms with Gasteiger partial charge in [-0.15, -0.1) is 0 Å². The second-order valence-corrected chi connectivity index (χ2v) is 4.58. The Labute approximate surface area is 103 Å². The number of rotatable bonds is 3. The summed E-state index contributed by atoms with van der Waals surface area (Å²) in [6, 6.07) is 8.22. The monoisotopic (exact) mass is 234 g/mol. The number of nitrogens with zero attached hydrogens (tertiary/aromatic N) is 1. The summed E-state index contributed by atoms with van der Waals surface area (Å²) in [5.41, 5.74) is 7.48. The van der Waals surface area contributed by atoms with Crippen LogP contribution in [0.2, 0.25) is 0 Å². The molecule has 0 fully saturated rings. The van der Waals surface area contributed by atoms with E-state index in [4.69, 9.17) is 5.73 Å². The van der Waals surface area contributed by atoms with E-state index >= 15 is 0 Å². The maximum atomic E-state index is 5.89. The molecule has 4 nitrogen and oxygen atoms in total. The maximum absolute atomic E-state index is 5.89. The molecule has 0 aliphatic carbocycles. The van der Waals surface area contributed by atoms with Crippen molar-refractivity contribution in [2.45, 2.75) is 39.8 Å². The molecule has 4 N–H and O–H groups in total. The van der Waals surface area contributed by atoms with Gasteiger partial charge in [-0.1, -0.05) is 12.1 Å². The molecule has 0 saturated heterocycles. The molecule has 94 valence electrons. The van der Waals surface area contributed by atoms with Crippen molar-refractivity contribution in [3.63, 3.8) is 0 Å². The molecule has 0 spiro atoms. The summed E-state index contributed by atoms with van der Waals surface area (Å²) in [5.74, 6) is 0.757. The average molecular weight is 234 g/mol. The first-order chi connectivity index (χ1) is 7.99. The normalized spacial score (nSPS) is 12.0. The van der Waals surface area contributed by atoms with Crippen LogP contribution in [-0.4, -0.2) is 18.0 Å². The van der Waals surface area contributed by atoms with Gasteiger partial charge in [-0.25, -0.2) is 0 Å². The SMILES string of the molecule is CC(C)N=C(Nc1ccccc1N)NC(C)C. The van der Waals surface area contributed by atoms with Crippen LogP contribution in [0.5, 0.6) is 0 Å². The van der Waals surface area contributed by atoms with Gasteiger partial charge in [-0.2, -0.15) is 0 Å². The lowest BCUT2D eigenvalue weighted by Crippen LogP contribution is -2.36. The van der Waals surface area contributed by atoms with Crippen molar-refractivity contribution in [3.05, 3.63) is 24.3 Å². The van der Waals surface area contributed by atoms with E-state index in [-0.39, 0.29) is 6.04 Å². The van der Waals surface area contributed by atoms with Gasteiger partial charge in [0.05, 0.1) is 11.4 Å². The van der Waals surface area contributed by atoms with Gasteiger partial charge in [0.15, 0.2) is 5.96 Å². The average Bonchev–Trinajstić information content (AvgIpc) is 2.19. The summed E-state index contributed by atoms with van der Waals surface area (Å²) >= 11 is 0. The first kappa shape index (κ1) is 13.4. The van der Waals surface area contributed by atoms with Crippen LogP contribution in [-0.2, 0) is 0 Å². The van der Waals surface area contributed by atoms with Crippen LogP contribution in [0.1, 0.15) is 27.7 Å². The van der Waals surface area contributed by atoms with E-state index in [2.05, 4.69) is 29.5 Å². The van der Waals surface area contributed by atoms with Gasteiger partial charge >= 0.3 is 0 Å². The number of hydrogen-bond acceptors (Lipinski definition) is 2. The fourth-order valence-electron chi connectivity index (χ4n) is 1.38. The van der Waals surface area contributed by atoms with Crippen molar-refractivity contribution < 1.29 is 0 Å². The van der Waals surface area contributed by atoms with E-state index in [1.807, 2.05) is 38.1 Å². The number of benzene rings is 1. The van der Waals surface area contributed by atoms with Crippen molar-refractivity contribution in [2.75, 3.05) is 11.1 Å². The number of hydrogen-bond donors (Lipinski definition) is 3. The zero-order chi connectivity index (χ0) is 12.8. The van der Waals surface area contributed by atoms with Gasteiger partial charge in [0.1, 0.15) is 0 Å². The third-order valence-corrected chi connectivity index (χ3v) is 2.03. The Hall–Kier alpha value is -1.71. The number of guanidine groups is 1. The molecule has 0 saturated carbocycles. The second-order valence-electron chi connectivity index (χ2n) is 4.58. The van der Waals surface area contributed by atoms with Crippen molar-refractivity contribution >= 4 is 17.3 Å². The van der Waals surface area contributed by atoms with Crippen LogP contribution < -0.4 is 16.4 Å². The molecule has 0 radical (unpaired) electrons. The fourth-order valence-corrected chi connectivity index (χ4v) is 1.38. The molecular weight excluding hydrogens is 212 g/mol. The molecule has 1 rings (SSSR count). The van der Waals surface area contributed by atoms with Gasteiger partial charge in [0.2, 0.25) is 0 Å². The standard InChI is InChI=1S/C13H22N4/c1-9(2)15-13(16-10(3)4)17-12-8-6-5-7-11(12)14/h5-10H,14H2,1-4H3,(H2,15,16,17). The van der Waals surface area contributed by atoms with Crippen molar-refractivity contribution in [2.24, 2.45) is 4.99 Å². The quantitative estimate of drug-likeness (QED) is 0.427. The van der Waals surface area contributed by atoms with Gasteiger partial charge in [-0.05, 0) is 39.8 Å². The van der Waals surface area contributed by atoms with Crippen LogP contribution in [0, 0.1) is 0 Å². The number of nitrogen functional groups attached to an aromatic ring is 1. The summed E-state index contributed by atoms with van der Waals surface area (Å²) < 4.78 is 0. The minimum Gasteiger partial charge on any atom is -0.397 e. The molecule has 0 unspecified atom stereocenters. The molecule has 1 aromatic carbocycles. The maximum Gasteiger partial charge on any atom is 0.196 e. The lowest BCUT2D eigenvalue weighted by Gasteiger charge is -2.17. The molecule has 0 amide bonds. The van der Waals surface area contributed by atoms with Gasteiger partial charge < -0.3 is 16.4 Å². The van der Waals surface area contributed by atoms with Crippen LogP contribution in [0.25, 0.3) is 0 Å². The lowest BCUT2D eigenvalue weighted by molar-refractivity contribution is 0.717. The highest BCUT2D eigenvalue weighted by molar-refractivity contribution is 5.96. The van der Waals surface area contributed by atoms with Crippen LogP contribution in [0.4, 0.5) is 11.4 Å². The zero-order valence-electron chi connectivity index (χ0n) is 11.0. The van der Waals surface area contributed by atoms with Crippen molar-refractivity contribution in [1.82, 2.24) is 5.32 Å². The Morgan fingerprint density at radius 1 is 1.18 bits per heavy atom. The third-order valence-electron chi connectivity index (χ3n) is 2.03. The molecule has 0 bridgehead atoms. The Bertz CT molecular complexity index is 383. The van der Waals surface area contributed by atoms with Gasteiger partial charge in [0, 0.05) is 12.1 Å².